The zero-order valence-corrected chi connectivity index (χ0v) is 10.8. The fraction of sp³-hybridized carbons (Fsp3) is 0.308. The Labute approximate surface area is 105 Å². The smallest absolute Gasteiger partial charge is 0.207 e. The number of rotatable bonds is 4. The van der Waals surface area contributed by atoms with Gasteiger partial charge in [0.2, 0.25) is 11.5 Å². The second-order valence-electron chi connectivity index (χ2n) is 3.55. The van der Waals surface area contributed by atoms with Gasteiger partial charge in [0, 0.05) is 23.2 Å². The van der Waals surface area contributed by atoms with Crippen LogP contribution in [0.25, 0.3) is 10.8 Å². The highest BCUT2D eigenvalue weighted by Crippen LogP contribution is 2.50. The summed E-state index contributed by atoms with van der Waals surface area (Å²) in [7, 11) is 6.29. The number of benzene rings is 1. The van der Waals surface area contributed by atoms with Crippen LogP contribution < -0.4 is 18.9 Å². The third-order valence-corrected chi connectivity index (χ3v) is 2.75. The SMILES string of the molecule is COc1c(OC)c(OC)c2cnccc2c1OC. The van der Waals surface area contributed by atoms with Crippen molar-refractivity contribution in [1.82, 2.24) is 4.98 Å². The van der Waals surface area contributed by atoms with E-state index in [9.17, 15) is 0 Å². The van der Waals surface area contributed by atoms with Crippen molar-refractivity contribution >= 4 is 10.8 Å². The van der Waals surface area contributed by atoms with Crippen LogP contribution in [0, 0.1) is 0 Å². The maximum absolute atomic E-state index is 5.40. The van der Waals surface area contributed by atoms with E-state index in [1.165, 1.54) is 0 Å². The minimum atomic E-state index is 0.498. The standard InChI is InChI=1S/C13H15NO4/c1-15-10-8-5-6-14-7-9(8)11(16-2)13(18-4)12(10)17-3/h5-7H,1-4H3. The highest BCUT2D eigenvalue weighted by atomic mass is 16.5. The number of nitrogens with zero attached hydrogens (tertiary/aromatic N) is 1. The van der Waals surface area contributed by atoms with Crippen LogP contribution in [0.3, 0.4) is 0 Å². The number of hydrogen-bond acceptors (Lipinski definition) is 5. The lowest BCUT2D eigenvalue weighted by atomic mass is 10.1. The molecule has 0 fully saturated rings. The molecule has 0 unspecified atom stereocenters. The van der Waals surface area contributed by atoms with E-state index in [0.29, 0.717) is 23.0 Å². The van der Waals surface area contributed by atoms with Gasteiger partial charge in [0.25, 0.3) is 0 Å². The predicted molar refractivity (Wildman–Crippen MR) is 68.0 cm³/mol. The lowest BCUT2D eigenvalue weighted by Crippen LogP contribution is -1.99. The number of pyridine rings is 1. The molecule has 1 aromatic carbocycles. The molecule has 2 rings (SSSR count). The lowest BCUT2D eigenvalue weighted by Gasteiger charge is -2.17. The van der Waals surface area contributed by atoms with Crippen LogP contribution in [-0.2, 0) is 0 Å². The molecule has 0 saturated carbocycles. The molecule has 0 aliphatic heterocycles. The highest BCUT2D eigenvalue weighted by Gasteiger charge is 2.22. The minimum Gasteiger partial charge on any atom is -0.492 e. The van der Waals surface area contributed by atoms with Crippen molar-refractivity contribution < 1.29 is 18.9 Å². The molecule has 0 radical (unpaired) electrons. The topological polar surface area (TPSA) is 49.8 Å². The summed E-state index contributed by atoms with van der Waals surface area (Å²) in [6.45, 7) is 0. The predicted octanol–water partition coefficient (Wildman–Crippen LogP) is 2.27. The molecule has 5 nitrogen and oxygen atoms in total. The van der Waals surface area contributed by atoms with Crippen LogP contribution >= 0.6 is 0 Å². The number of methoxy groups -OCH3 is 4. The van der Waals surface area contributed by atoms with Gasteiger partial charge in [-0.1, -0.05) is 0 Å². The summed E-state index contributed by atoms with van der Waals surface area (Å²) in [5.74, 6) is 2.19. The van der Waals surface area contributed by atoms with Crippen LogP contribution in [0.1, 0.15) is 0 Å². The number of hydrogen-bond donors (Lipinski definition) is 0. The van der Waals surface area contributed by atoms with E-state index in [4.69, 9.17) is 18.9 Å². The highest BCUT2D eigenvalue weighted by molar-refractivity contribution is 5.98. The number of aromatic nitrogens is 1. The van der Waals surface area contributed by atoms with Gasteiger partial charge < -0.3 is 18.9 Å². The normalized spacial score (nSPS) is 10.2. The molecule has 0 spiro atoms. The number of ether oxygens (including phenoxy) is 4. The number of fused-ring (bicyclic) bond motifs is 1. The monoisotopic (exact) mass is 249 g/mol. The Morgan fingerprint density at radius 3 is 1.72 bits per heavy atom. The molecule has 1 heterocycles. The largest absolute Gasteiger partial charge is 0.492 e. The Balaban J connectivity index is 2.94. The van der Waals surface area contributed by atoms with Crippen molar-refractivity contribution in [3.05, 3.63) is 18.5 Å². The molecule has 0 amide bonds. The van der Waals surface area contributed by atoms with Gasteiger partial charge in [0.1, 0.15) is 0 Å². The Kier molecular flexibility index (Phi) is 3.41. The molecular weight excluding hydrogens is 234 g/mol. The van der Waals surface area contributed by atoms with Gasteiger partial charge in [-0.2, -0.15) is 0 Å². The molecule has 0 aliphatic rings. The van der Waals surface area contributed by atoms with Crippen LogP contribution in [0.2, 0.25) is 0 Å². The van der Waals surface area contributed by atoms with Gasteiger partial charge in [-0.3, -0.25) is 4.98 Å². The maximum Gasteiger partial charge on any atom is 0.207 e. The van der Waals surface area contributed by atoms with Crippen molar-refractivity contribution in [3.8, 4) is 23.0 Å². The molecule has 5 heteroatoms. The van der Waals surface area contributed by atoms with E-state index in [2.05, 4.69) is 4.98 Å². The quantitative estimate of drug-likeness (QED) is 0.832. The van der Waals surface area contributed by atoms with E-state index < -0.39 is 0 Å². The summed E-state index contributed by atoms with van der Waals surface area (Å²) in [4.78, 5) is 4.10. The average molecular weight is 249 g/mol. The first-order valence-corrected chi connectivity index (χ1v) is 5.38. The Hall–Kier alpha value is -2.17. The third-order valence-electron chi connectivity index (χ3n) is 2.75. The van der Waals surface area contributed by atoms with Gasteiger partial charge in [-0.15, -0.1) is 0 Å². The van der Waals surface area contributed by atoms with E-state index in [1.54, 1.807) is 40.8 Å². The zero-order chi connectivity index (χ0) is 13.1. The van der Waals surface area contributed by atoms with E-state index in [0.717, 1.165) is 10.8 Å². The van der Waals surface area contributed by atoms with Gasteiger partial charge in [0.05, 0.1) is 28.4 Å². The third kappa shape index (κ3) is 1.68. The lowest BCUT2D eigenvalue weighted by molar-refractivity contribution is 0.309. The maximum atomic E-state index is 5.40. The van der Waals surface area contributed by atoms with Crippen molar-refractivity contribution in [2.24, 2.45) is 0 Å². The fourth-order valence-corrected chi connectivity index (χ4v) is 2.00. The fourth-order valence-electron chi connectivity index (χ4n) is 2.00. The van der Waals surface area contributed by atoms with Crippen molar-refractivity contribution in [2.45, 2.75) is 0 Å². The van der Waals surface area contributed by atoms with Gasteiger partial charge in [0.15, 0.2) is 11.5 Å². The van der Waals surface area contributed by atoms with E-state index >= 15 is 0 Å². The molecule has 0 aliphatic carbocycles. The molecule has 1 aromatic heterocycles. The summed E-state index contributed by atoms with van der Waals surface area (Å²) in [6, 6.07) is 1.85. The van der Waals surface area contributed by atoms with Crippen molar-refractivity contribution in [3.63, 3.8) is 0 Å². The summed E-state index contributed by atoms with van der Waals surface area (Å²) in [6.07, 6.45) is 3.40. The molecule has 0 saturated heterocycles. The average Bonchev–Trinajstić information content (AvgIpc) is 2.44. The van der Waals surface area contributed by atoms with Crippen LogP contribution in [0.5, 0.6) is 23.0 Å². The van der Waals surface area contributed by atoms with E-state index in [-0.39, 0.29) is 0 Å². The van der Waals surface area contributed by atoms with Crippen molar-refractivity contribution in [1.29, 1.82) is 0 Å². The Morgan fingerprint density at radius 1 is 0.722 bits per heavy atom. The summed E-state index contributed by atoms with van der Waals surface area (Å²) in [5.41, 5.74) is 0. The molecule has 0 bridgehead atoms. The molecule has 0 N–H and O–H groups in total. The van der Waals surface area contributed by atoms with Gasteiger partial charge >= 0.3 is 0 Å². The van der Waals surface area contributed by atoms with E-state index in [1.807, 2.05) is 6.07 Å². The Morgan fingerprint density at radius 2 is 1.22 bits per heavy atom. The first-order chi connectivity index (χ1) is 8.78. The van der Waals surface area contributed by atoms with Crippen LogP contribution in [0.4, 0.5) is 0 Å². The molecule has 96 valence electrons. The van der Waals surface area contributed by atoms with Crippen molar-refractivity contribution in [2.75, 3.05) is 28.4 Å². The first-order valence-electron chi connectivity index (χ1n) is 5.38. The molecule has 18 heavy (non-hydrogen) atoms. The van der Waals surface area contributed by atoms with Gasteiger partial charge in [-0.25, -0.2) is 0 Å². The Bertz CT molecular complexity index is 518. The first kappa shape index (κ1) is 12.3. The van der Waals surface area contributed by atoms with Gasteiger partial charge in [-0.05, 0) is 6.07 Å². The molecule has 0 atom stereocenters. The molecular formula is C13H15NO4. The second kappa shape index (κ2) is 5.00. The minimum absolute atomic E-state index is 0.498. The summed E-state index contributed by atoms with van der Waals surface area (Å²) < 4.78 is 21.5. The summed E-state index contributed by atoms with van der Waals surface area (Å²) in [5, 5.41) is 1.68. The second-order valence-corrected chi connectivity index (χ2v) is 3.55. The zero-order valence-electron chi connectivity index (χ0n) is 10.8. The van der Waals surface area contributed by atoms with Crippen LogP contribution in [-0.4, -0.2) is 33.4 Å². The molecule has 2 aromatic rings. The van der Waals surface area contributed by atoms with Crippen LogP contribution in [0.15, 0.2) is 18.5 Å². The summed E-state index contributed by atoms with van der Waals surface area (Å²) >= 11 is 0.